The Kier molecular flexibility index (Phi) is 2.57. The molecule has 0 aromatic carbocycles. The molecule has 8 heavy (non-hydrogen) atoms. The van der Waals surface area contributed by atoms with Crippen LogP contribution in [0.5, 0.6) is 0 Å². The van der Waals surface area contributed by atoms with Crippen LogP contribution in [-0.4, -0.2) is 34.3 Å². The largest absolute Gasteiger partial charge is 0.480 e. The van der Waals surface area contributed by atoms with Gasteiger partial charge in [-0.2, -0.15) is 0 Å². The van der Waals surface area contributed by atoms with Gasteiger partial charge in [-0.15, -0.1) is 0 Å². The van der Waals surface area contributed by atoms with E-state index < -0.39 is 12.5 Å². The van der Waals surface area contributed by atoms with Crippen LogP contribution in [0, 0.1) is 0 Å². The van der Waals surface area contributed by atoms with Crippen molar-refractivity contribution < 1.29 is 19.9 Å². The number of amides is 1. The zero-order valence-electron chi connectivity index (χ0n) is 3.94. The molecule has 0 rings (SSSR count). The minimum atomic E-state index is -1.25. The number of carbonyl (C=O) groups is 2. The number of hydrogen-bond donors (Lipinski definition) is 2. The van der Waals surface area contributed by atoms with E-state index in [4.69, 9.17) is 10.3 Å². The monoisotopic (exact) mass is 119 g/mol. The van der Waals surface area contributed by atoms with E-state index in [1.54, 1.807) is 0 Å². The van der Waals surface area contributed by atoms with Crippen molar-refractivity contribution in [3.63, 3.8) is 0 Å². The third-order valence-corrected chi connectivity index (χ3v) is 0.419. The van der Waals surface area contributed by atoms with Gasteiger partial charge in [-0.05, 0) is 0 Å². The first kappa shape index (κ1) is 6.90. The molecule has 0 atom stereocenters. The fraction of sp³-hybridized carbons (Fsp3) is 0.333. The summed E-state index contributed by atoms with van der Waals surface area (Å²) >= 11 is 0. The van der Waals surface area contributed by atoms with Crippen LogP contribution >= 0.6 is 0 Å². The predicted octanol–water partition coefficient (Wildman–Crippen LogP) is -1.08. The van der Waals surface area contributed by atoms with Crippen LogP contribution in [0.25, 0.3) is 0 Å². The number of aliphatic carboxylic acids is 1. The molecule has 0 radical (unpaired) electrons. The highest BCUT2D eigenvalue weighted by Crippen LogP contribution is 1.70. The van der Waals surface area contributed by atoms with Gasteiger partial charge in [0.2, 0.25) is 6.41 Å². The zero-order chi connectivity index (χ0) is 6.57. The molecule has 5 heteroatoms. The van der Waals surface area contributed by atoms with Crippen molar-refractivity contribution in [2.24, 2.45) is 0 Å². The lowest BCUT2D eigenvalue weighted by Crippen LogP contribution is -2.24. The van der Waals surface area contributed by atoms with E-state index in [-0.39, 0.29) is 11.5 Å². The second-order valence-corrected chi connectivity index (χ2v) is 1.10. The second kappa shape index (κ2) is 2.98. The molecule has 0 saturated carbocycles. The normalized spacial score (nSPS) is 8.12. The van der Waals surface area contributed by atoms with Gasteiger partial charge in [-0.25, -0.2) is 5.06 Å². The van der Waals surface area contributed by atoms with Gasteiger partial charge < -0.3 is 5.11 Å². The summed E-state index contributed by atoms with van der Waals surface area (Å²) < 4.78 is 0. The highest BCUT2D eigenvalue weighted by atomic mass is 16.5. The van der Waals surface area contributed by atoms with Crippen molar-refractivity contribution in [2.75, 3.05) is 6.54 Å². The molecule has 0 aromatic heterocycles. The number of nitrogens with zero attached hydrogens (tertiary/aromatic N) is 1. The molecule has 0 saturated heterocycles. The maximum atomic E-state index is 9.61. The smallest absolute Gasteiger partial charge is 0.325 e. The standard InChI is InChI=1S/C3H5NO4/c5-2-4(8)1-3(6)7/h2,8H,1H2,(H,6,7). The Morgan fingerprint density at radius 3 is 2.38 bits per heavy atom. The van der Waals surface area contributed by atoms with Crippen LogP contribution in [0.15, 0.2) is 0 Å². The Bertz CT molecular complexity index is 101. The summed E-state index contributed by atoms with van der Waals surface area (Å²) in [7, 11) is 0. The van der Waals surface area contributed by atoms with Gasteiger partial charge in [0.1, 0.15) is 6.54 Å². The minimum absolute atomic E-state index is 0.0219. The number of carbonyl (C=O) groups excluding carboxylic acids is 1. The molecule has 0 spiro atoms. The molecule has 0 fully saturated rings. The predicted molar refractivity (Wildman–Crippen MR) is 22.2 cm³/mol. The van der Waals surface area contributed by atoms with E-state index in [0.29, 0.717) is 0 Å². The van der Waals surface area contributed by atoms with Crippen molar-refractivity contribution in [3.05, 3.63) is 0 Å². The second-order valence-electron chi connectivity index (χ2n) is 1.10. The van der Waals surface area contributed by atoms with E-state index in [0.717, 1.165) is 0 Å². The van der Waals surface area contributed by atoms with Crippen molar-refractivity contribution >= 4 is 12.4 Å². The molecule has 46 valence electrons. The maximum absolute atomic E-state index is 9.61. The van der Waals surface area contributed by atoms with Gasteiger partial charge in [-0.1, -0.05) is 0 Å². The lowest BCUT2D eigenvalue weighted by Gasteiger charge is -2.01. The molecule has 0 aromatic rings. The Labute approximate surface area is 45.1 Å². The molecule has 1 amide bonds. The molecule has 0 unspecified atom stereocenters. The van der Waals surface area contributed by atoms with Crippen molar-refractivity contribution in [1.82, 2.24) is 5.06 Å². The summed E-state index contributed by atoms with van der Waals surface area (Å²) in [6.07, 6.45) is 0.0219. The van der Waals surface area contributed by atoms with Gasteiger partial charge in [0.15, 0.2) is 0 Å². The first-order valence-electron chi connectivity index (χ1n) is 1.79. The Morgan fingerprint density at radius 2 is 2.25 bits per heavy atom. The fourth-order valence-electron chi connectivity index (χ4n) is 0.176. The SMILES string of the molecule is O=CN(O)CC(=O)O. The molecule has 0 aliphatic carbocycles. The van der Waals surface area contributed by atoms with Gasteiger partial charge in [0, 0.05) is 0 Å². The van der Waals surface area contributed by atoms with Crippen LogP contribution in [0.2, 0.25) is 0 Å². The molecule has 0 aliphatic rings. The van der Waals surface area contributed by atoms with E-state index in [1.165, 1.54) is 0 Å². The van der Waals surface area contributed by atoms with E-state index in [9.17, 15) is 9.59 Å². The highest BCUT2D eigenvalue weighted by Gasteiger charge is 2.00. The molecule has 0 heterocycles. The summed E-state index contributed by atoms with van der Waals surface area (Å²) in [5, 5.41) is 16.0. The lowest BCUT2D eigenvalue weighted by atomic mass is 10.7. The number of carboxylic acid groups (broad SMARTS) is 1. The van der Waals surface area contributed by atoms with Gasteiger partial charge in [0.25, 0.3) is 0 Å². The van der Waals surface area contributed by atoms with Crippen LogP contribution in [-0.2, 0) is 9.59 Å². The quantitative estimate of drug-likeness (QED) is 0.281. The number of hydrogen-bond acceptors (Lipinski definition) is 3. The van der Waals surface area contributed by atoms with Crippen molar-refractivity contribution in [1.29, 1.82) is 0 Å². The molecular weight excluding hydrogens is 114 g/mol. The fourth-order valence-corrected chi connectivity index (χ4v) is 0.176. The average molecular weight is 119 g/mol. The number of carboxylic acids is 1. The summed E-state index contributed by atoms with van der Waals surface area (Å²) in [5.41, 5.74) is 0. The summed E-state index contributed by atoms with van der Waals surface area (Å²) in [6, 6.07) is 0. The van der Waals surface area contributed by atoms with Crippen LogP contribution in [0.4, 0.5) is 0 Å². The summed E-state index contributed by atoms with van der Waals surface area (Å²) in [6.45, 7) is -0.677. The lowest BCUT2D eigenvalue weighted by molar-refractivity contribution is -0.162. The zero-order valence-corrected chi connectivity index (χ0v) is 3.94. The molecule has 5 nitrogen and oxygen atoms in total. The van der Waals surface area contributed by atoms with Crippen LogP contribution in [0.1, 0.15) is 0 Å². The highest BCUT2D eigenvalue weighted by molar-refractivity contribution is 5.71. The average Bonchev–Trinajstić information content (AvgIpc) is 1.65. The molecule has 0 aliphatic heterocycles. The number of hydroxylamine groups is 2. The van der Waals surface area contributed by atoms with Gasteiger partial charge in [0.05, 0.1) is 0 Å². The minimum Gasteiger partial charge on any atom is -0.480 e. The van der Waals surface area contributed by atoms with Gasteiger partial charge >= 0.3 is 5.97 Å². The van der Waals surface area contributed by atoms with Crippen LogP contribution < -0.4 is 0 Å². The molecule has 0 bridgehead atoms. The van der Waals surface area contributed by atoms with E-state index >= 15 is 0 Å². The molecular formula is C3H5NO4. The third-order valence-electron chi connectivity index (χ3n) is 0.419. The van der Waals surface area contributed by atoms with Crippen molar-refractivity contribution in [3.8, 4) is 0 Å². The Morgan fingerprint density at radius 1 is 1.75 bits per heavy atom. The summed E-state index contributed by atoms with van der Waals surface area (Å²) in [4.78, 5) is 19.1. The van der Waals surface area contributed by atoms with Crippen LogP contribution in [0.3, 0.4) is 0 Å². The maximum Gasteiger partial charge on any atom is 0.325 e. The first-order valence-corrected chi connectivity index (χ1v) is 1.79. The third kappa shape index (κ3) is 3.10. The van der Waals surface area contributed by atoms with Crippen molar-refractivity contribution in [2.45, 2.75) is 0 Å². The summed E-state index contributed by atoms with van der Waals surface area (Å²) in [5.74, 6) is -1.25. The van der Waals surface area contributed by atoms with Gasteiger partial charge in [-0.3, -0.25) is 14.8 Å². The number of rotatable bonds is 3. The molecule has 2 N–H and O–H groups in total. The van der Waals surface area contributed by atoms with E-state index in [2.05, 4.69) is 0 Å². The Balaban J connectivity index is 3.38. The van der Waals surface area contributed by atoms with E-state index in [1.807, 2.05) is 0 Å². The first-order chi connectivity index (χ1) is 3.66. The topological polar surface area (TPSA) is 77.8 Å². The Hall–Kier alpha value is -1.10.